The summed E-state index contributed by atoms with van der Waals surface area (Å²) >= 11 is 0. The highest BCUT2D eigenvalue weighted by Gasteiger charge is 2.34. The third kappa shape index (κ3) is 4.91. The molecule has 1 N–H and O–H groups in total. The van der Waals surface area contributed by atoms with E-state index in [0.717, 1.165) is 11.6 Å². The molecule has 4 nitrogen and oxygen atoms in total. The van der Waals surface area contributed by atoms with Crippen molar-refractivity contribution in [2.45, 2.75) is 12.7 Å². The van der Waals surface area contributed by atoms with Crippen LogP contribution in [-0.2, 0) is 17.5 Å². The van der Waals surface area contributed by atoms with Gasteiger partial charge in [0.25, 0.3) is 5.91 Å². The van der Waals surface area contributed by atoms with Crippen LogP contribution in [0.4, 0.5) is 13.2 Å². The fraction of sp³-hybridized carbons (Fsp3) is 0.235. The Morgan fingerprint density at radius 3 is 2.38 bits per heavy atom. The fourth-order valence-electron chi connectivity index (χ4n) is 1.97. The summed E-state index contributed by atoms with van der Waals surface area (Å²) in [5.74, 6) is -0.190. The summed E-state index contributed by atoms with van der Waals surface area (Å²) in [5, 5.41) is 2.58. The second kappa shape index (κ2) is 7.72. The van der Waals surface area contributed by atoms with Crippen molar-refractivity contribution in [3.63, 3.8) is 0 Å². The van der Waals surface area contributed by atoms with E-state index in [-0.39, 0.29) is 12.3 Å². The standard InChI is InChI=1S/C17H16F3NO3/c1-23-13-8-6-12(7-9-13)10-21-16(22)11-24-15-5-3-2-4-14(15)17(18,19)20/h2-9H,10-11H2,1H3,(H,21,22). The van der Waals surface area contributed by atoms with Gasteiger partial charge in [0.05, 0.1) is 12.7 Å². The van der Waals surface area contributed by atoms with Crippen molar-refractivity contribution in [2.24, 2.45) is 0 Å². The van der Waals surface area contributed by atoms with Gasteiger partial charge in [0, 0.05) is 6.54 Å². The summed E-state index contributed by atoms with van der Waals surface area (Å²) in [4.78, 5) is 11.7. The molecule has 0 atom stereocenters. The molecule has 0 saturated heterocycles. The van der Waals surface area contributed by atoms with Crippen molar-refractivity contribution in [3.05, 3.63) is 59.7 Å². The topological polar surface area (TPSA) is 47.6 Å². The Bertz CT molecular complexity index is 684. The molecule has 0 spiro atoms. The van der Waals surface area contributed by atoms with E-state index < -0.39 is 24.3 Å². The molecule has 128 valence electrons. The van der Waals surface area contributed by atoms with E-state index in [9.17, 15) is 18.0 Å². The molecular weight excluding hydrogens is 323 g/mol. The van der Waals surface area contributed by atoms with E-state index in [1.54, 1.807) is 31.4 Å². The van der Waals surface area contributed by atoms with Gasteiger partial charge in [-0.05, 0) is 29.8 Å². The molecule has 0 radical (unpaired) electrons. The smallest absolute Gasteiger partial charge is 0.419 e. The first-order valence-corrected chi connectivity index (χ1v) is 7.09. The Labute approximate surface area is 137 Å². The molecule has 0 aliphatic heterocycles. The largest absolute Gasteiger partial charge is 0.497 e. The fourth-order valence-corrected chi connectivity index (χ4v) is 1.97. The molecule has 7 heteroatoms. The van der Waals surface area contributed by atoms with Gasteiger partial charge in [-0.15, -0.1) is 0 Å². The van der Waals surface area contributed by atoms with E-state index in [1.807, 2.05) is 0 Å². The summed E-state index contributed by atoms with van der Waals surface area (Å²) in [6.45, 7) is -0.254. The SMILES string of the molecule is COc1ccc(CNC(=O)COc2ccccc2C(F)(F)F)cc1. The predicted molar refractivity (Wildman–Crippen MR) is 81.8 cm³/mol. The van der Waals surface area contributed by atoms with Crippen LogP contribution in [0.1, 0.15) is 11.1 Å². The van der Waals surface area contributed by atoms with Gasteiger partial charge in [0.15, 0.2) is 6.61 Å². The molecular formula is C17H16F3NO3. The van der Waals surface area contributed by atoms with Gasteiger partial charge in [-0.1, -0.05) is 24.3 Å². The maximum Gasteiger partial charge on any atom is 0.419 e. The van der Waals surface area contributed by atoms with E-state index in [4.69, 9.17) is 9.47 Å². The highest BCUT2D eigenvalue weighted by Crippen LogP contribution is 2.35. The molecule has 0 aliphatic rings. The van der Waals surface area contributed by atoms with E-state index in [1.165, 1.54) is 18.2 Å². The van der Waals surface area contributed by atoms with Crippen LogP contribution in [0.15, 0.2) is 48.5 Å². The maximum absolute atomic E-state index is 12.8. The van der Waals surface area contributed by atoms with Crippen LogP contribution in [0, 0.1) is 0 Å². The van der Waals surface area contributed by atoms with Crippen molar-refractivity contribution in [1.29, 1.82) is 0 Å². The summed E-state index contributed by atoms with van der Waals surface area (Å²) in [6, 6.07) is 11.8. The molecule has 0 fully saturated rings. The molecule has 2 rings (SSSR count). The number of alkyl halides is 3. The average Bonchev–Trinajstić information content (AvgIpc) is 2.58. The number of amides is 1. The molecule has 2 aromatic rings. The first-order valence-electron chi connectivity index (χ1n) is 7.09. The summed E-state index contributed by atoms with van der Waals surface area (Å²) < 4.78 is 48.5. The molecule has 24 heavy (non-hydrogen) atoms. The van der Waals surface area contributed by atoms with Gasteiger partial charge < -0.3 is 14.8 Å². The lowest BCUT2D eigenvalue weighted by atomic mass is 10.2. The number of ether oxygens (including phenoxy) is 2. The second-order valence-electron chi connectivity index (χ2n) is 4.91. The minimum absolute atomic E-state index is 0.243. The van der Waals surface area contributed by atoms with Crippen molar-refractivity contribution in [3.8, 4) is 11.5 Å². The number of hydrogen-bond donors (Lipinski definition) is 1. The minimum atomic E-state index is -4.53. The van der Waals surface area contributed by atoms with Gasteiger partial charge in [0.2, 0.25) is 0 Å². The molecule has 0 bridgehead atoms. The van der Waals surface area contributed by atoms with Gasteiger partial charge >= 0.3 is 6.18 Å². The lowest BCUT2D eigenvalue weighted by molar-refractivity contribution is -0.139. The Kier molecular flexibility index (Phi) is 5.68. The number of carbonyl (C=O) groups is 1. The number of para-hydroxylation sites is 1. The number of halogens is 3. The lowest BCUT2D eigenvalue weighted by Crippen LogP contribution is -2.28. The van der Waals surface area contributed by atoms with Gasteiger partial charge in [-0.25, -0.2) is 0 Å². The van der Waals surface area contributed by atoms with Gasteiger partial charge in [-0.3, -0.25) is 4.79 Å². The quantitative estimate of drug-likeness (QED) is 0.877. The molecule has 1 amide bonds. The Balaban J connectivity index is 1.87. The summed E-state index contributed by atoms with van der Waals surface area (Å²) in [6.07, 6.45) is -4.53. The van der Waals surface area contributed by atoms with Gasteiger partial charge in [0.1, 0.15) is 11.5 Å². The number of benzene rings is 2. The van der Waals surface area contributed by atoms with Crippen LogP contribution < -0.4 is 14.8 Å². The highest BCUT2D eigenvalue weighted by atomic mass is 19.4. The van der Waals surface area contributed by atoms with Crippen LogP contribution in [0.3, 0.4) is 0 Å². The third-order valence-electron chi connectivity index (χ3n) is 3.20. The molecule has 0 saturated carbocycles. The maximum atomic E-state index is 12.8. The zero-order valence-corrected chi connectivity index (χ0v) is 12.9. The summed E-state index contributed by atoms with van der Waals surface area (Å²) in [7, 11) is 1.55. The van der Waals surface area contributed by atoms with Crippen LogP contribution in [0.5, 0.6) is 11.5 Å². The Hall–Kier alpha value is -2.70. The monoisotopic (exact) mass is 339 g/mol. The van der Waals surface area contributed by atoms with E-state index in [2.05, 4.69) is 5.32 Å². The van der Waals surface area contributed by atoms with Crippen molar-refractivity contribution < 1.29 is 27.4 Å². The number of hydrogen-bond acceptors (Lipinski definition) is 3. The van der Waals surface area contributed by atoms with E-state index in [0.29, 0.717) is 5.75 Å². The summed E-state index contributed by atoms with van der Waals surface area (Å²) in [5.41, 5.74) is -0.0761. The van der Waals surface area contributed by atoms with E-state index >= 15 is 0 Å². The molecule has 0 heterocycles. The van der Waals surface area contributed by atoms with Crippen LogP contribution in [-0.4, -0.2) is 19.6 Å². The van der Waals surface area contributed by atoms with Crippen LogP contribution >= 0.6 is 0 Å². The molecule has 0 aliphatic carbocycles. The molecule has 2 aromatic carbocycles. The normalized spacial score (nSPS) is 11.0. The second-order valence-corrected chi connectivity index (χ2v) is 4.91. The number of nitrogens with one attached hydrogen (secondary N) is 1. The first-order chi connectivity index (χ1) is 11.4. The van der Waals surface area contributed by atoms with Gasteiger partial charge in [-0.2, -0.15) is 13.2 Å². The number of carbonyl (C=O) groups excluding carboxylic acids is 1. The van der Waals surface area contributed by atoms with Crippen molar-refractivity contribution in [2.75, 3.05) is 13.7 Å². The average molecular weight is 339 g/mol. The molecule has 0 unspecified atom stereocenters. The first kappa shape index (κ1) is 17.7. The van der Waals surface area contributed by atoms with Crippen LogP contribution in [0.2, 0.25) is 0 Å². The number of methoxy groups -OCH3 is 1. The zero-order valence-electron chi connectivity index (χ0n) is 12.9. The highest BCUT2D eigenvalue weighted by molar-refractivity contribution is 5.77. The molecule has 0 aromatic heterocycles. The van der Waals surface area contributed by atoms with Crippen molar-refractivity contribution >= 4 is 5.91 Å². The number of rotatable bonds is 6. The Morgan fingerprint density at radius 2 is 1.75 bits per heavy atom. The lowest BCUT2D eigenvalue weighted by Gasteiger charge is -2.13. The predicted octanol–water partition coefficient (Wildman–Crippen LogP) is 3.41. The third-order valence-corrected chi connectivity index (χ3v) is 3.20. The zero-order chi connectivity index (χ0) is 17.6. The van der Waals surface area contributed by atoms with Crippen LogP contribution in [0.25, 0.3) is 0 Å². The minimum Gasteiger partial charge on any atom is -0.497 e. The Morgan fingerprint density at radius 1 is 1.08 bits per heavy atom. The van der Waals surface area contributed by atoms with Crippen molar-refractivity contribution in [1.82, 2.24) is 5.32 Å².